The molecule has 0 aromatic rings. The van der Waals surface area contributed by atoms with Crippen LogP contribution in [0.3, 0.4) is 0 Å². The molecule has 1 nitrogen and oxygen atoms in total. The van der Waals surface area contributed by atoms with E-state index in [0.29, 0.717) is 0 Å². The van der Waals surface area contributed by atoms with Gasteiger partial charge in [-0.25, -0.2) is 0 Å². The number of carbonyl (C=O) groups excluding carboxylic acids is 1. The number of rotatable bonds is 0. The average Bonchev–Trinajstić information content (AvgIpc) is 1.96. The SMILES string of the molecule is [CH-]1CCCCC1.[CH-]=O.[Mg+2]. The van der Waals surface area contributed by atoms with Crippen LogP contribution in [0.4, 0.5) is 0 Å². The van der Waals surface area contributed by atoms with Gasteiger partial charge in [0.05, 0.1) is 0 Å². The maximum Gasteiger partial charge on any atom is 2.00 e. The van der Waals surface area contributed by atoms with Crippen LogP contribution in [-0.4, -0.2) is 29.8 Å². The summed E-state index contributed by atoms with van der Waals surface area (Å²) in [6, 6.07) is 0. The zero-order valence-corrected chi connectivity index (χ0v) is 7.22. The van der Waals surface area contributed by atoms with E-state index in [0.717, 1.165) is 0 Å². The summed E-state index contributed by atoms with van der Waals surface area (Å²) >= 11 is 0. The van der Waals surface area contributed by atoms with E-state index in [2.05, 4.69) is 13.2 Å². The Kier molecular flexibility index (Phi) is 15.2. The minimum absolute atomic E-state index is 0. The molecule has 0 saturated heterocycles. The molecule has 1 aliphatic carbocycles. The first kappa shape index (κ1) is 12.1. The van der Waals surface area contributed by atoms with Crippen LogP contribution in [0.15, 0.2) is 0 Å². The first-order valence-corrected chi connectivity index (χ1v) is 3.05. The maximum absolute atomic E-state index is 7.75. The molecule has 1 rings (SSSR count). The van der Waals surface area contributed by atoms with E-state index in [4.69, 9.17) is 4.79 Å². The van der Waals surface area contributed by atoms with E-state index in [9.17, 15) is 0 Å². The first-order valence-electron chi connectivity index (χ1n) is 3.05. The molecular weight excluding hydrogens is 124 g/mol. The van der Waals surface area contributed by atoms with Crippen LogP contribution in [0.25, 0.3) is 0 Å². The van der Waals surface area contributed by atoms with Crippen LogP contribution in [-0.2, 0) is 4.79 Å². The van der Waals surface area contributed by atoms with Gasteiger partial charge < -0.3 is 11.2 Å². The van der Waals surface area contributed by atoms with Crippen molar-refractivity contribution >= 4 is 29.8 Å². The van der Waals surface area contributed by atoms with Crippen molar-refractivity contribution in [2.45, 2.75) is 32.1 Å². The van der Waals surface area contributed by atoms with E-state index >= 15 is 0 Å². The third-order valence-electron chi connectivity index (χ3n) is 1.32. The molecule has 9 heavy (non-hydrogen) atoms. The minimum Gasteiger partial charge on any atom is -0.545 e. The molecule has 0 spiro atoms. The van der Waals surface area contributed by atoms with E-state index < -0.39 is 0 Å². The van der Waals surface area contributed by atoms with Gasteiger partial charge >= 0.3 is 23.1 Å². The molecular formula is C7H12MgO. The quantitative estimate of drug-likeness (QED) is 0.280. The molecule has 0 bridgehead atoms. The normalized spacial score (nSPS) is 16.4. The summed E-state index contributed by atoms with van der Waals surface area (Å²) in [5, 5.41) is 0. The van der Waals surface area contributed by atoms with Gasteiger partial charge in [-0.05, 0) is 0 Å². The zero-order valence-electron chi connectivity index (χ0n) is 5.81. The molecule has 1 saturated carbocycles. The number of hydrogen-bond acceptors (Lipinski definition) is 1. The topological polar surface area (TPSA) is 17.1 Å². The maximum atomic E-state index is 7.75. The van der Waals surface area contributed by atoms with Crippen molar-refractivity contribution in [3.63, 3.8) is 0 Å². The van der Waals surface area contributed by atoms with Crippen molar-refractivity contribution in [3.05, 3.63) is 6.42 Å². The van der Waals surface area contributed by atoms with Crippen molar-refractivity contribution in [1.82, 2.24) is 0 Å². The van der Waals surface area contributed by atoms with Crippen LogP contribution in [0, 0.1) is 6.42 Å². The second-order valence-corrected chi connectivity index (χ2v) is 1.93. The molecule has 0 heterocycles. The Labute approximate surface area is 73.4 Å². The summed E-state index contributed by atoms with van der Waals surface area (Å²) < 4.78 is 0. The first-order chi connectivity index (χ1) is 4.00. The molecule has 48 valence electrons. The van der Waals surface area contributed by atoms with Gasteiger partial charge in [-0.3, -0.25) is 6.79 Å². The Morgan fingerprint density at radius 1 is 1.00 bits per heavy atom. The molecule has 2 heteroatoms. The molecule has 0 aromatic carbocycles. The van der Waals surface area contributed by atoms with Gasteiger partial charge in [0.1, 0.15) is 0 Å². The van der Waals surface area contributed by atoms with Crippen LogP contribution < -0.4 is 0 Å². The summed E-state index contributed by atoms with van der Waals surface area (Å²) in [4.78, 5) is 7.75. The fourth-order valence-electron chi connectivity index (χ4n) is 0.898. The van der Waals surface area contributed by atoms with Gasteiger partial charge in [-0.1, -0.05) is 19.3 Å². The smallest absolute Gasteiger partial charge is 0.545 e. The Balaban J connectivity index is 0. The van der Waals surface area contributed by atoms with Gasteiger partial charge in [0, 0.05) is 0 Å². The van der Waals surface area contributed by atoms with Crippen molar-refractivity contribution in [2.75, 3.05) is 0 Å². The minimum atomic E-state index is 0. The zero-order chi connectivity index (χ0) is 6.24. The van der Waals surface area contributed by atoms with E-state index in [-0.39, 0.29) is 23.1 Å². The summed E-state index contributed by atoms with van der Waals surface area (Å²) in [6.45, 7) is 3.25. The largest absolute Gasteiger partial charge is 2.00 e. The molecule has 0 aliphatic heterocycles. The van der Waals surface area contributed by atoms with Crippen LogP contribution in [0.1, 0.15) is 32.1 Å². The fraction of sp³-hybridized carbons (Fsp3) is 0.714. The predicted octanol–water partition coefficient (Wildman–Crippen LogP) is 1.50. The molecule has 0 amide bonds. The second kappa shape index (κ2) is 11.3. The number of hydrogen-bond donors (Lipinski definition) is 0. The van der Waals surface area contributed by atoms with Gasteiger partial charge in [0.2, 0.25) is 0 Å². The third-order valence-corrected chi connectivity index (χ3v) is 1.32. The van der Waals surface area contributed by atoms with Crippen LogP contribution in [0.5, 0.6) is 0 Å². The summed E-state index contributed by atoms with van der Waals surface area (Å²) in [7, 11) is 0. The Bertz CT molecular complexity index is 32.7. The van der Waals surface area contributed by atoms with Crippen LogP contribution in [0.2, 0.25) is 0 Å². The monoisotopic (exact) mass is 136 g/mol. The molecule has 0 unspecified atom stereocenters. The third kappa shape index (κ3) is 8.44. The second-order valence-electron chi connectivity index (χ2n) is 1.93. The predicted molar refractivity (Wildman–Crippen MR) is 39.9 cm³/mol. The molecule has 1 fully saturated rings. The van der Waals surface area contributed by atoms with Crippen LogP contribution >= 0.6 is 0 Å². The molecule has 0 aromatic heterocycles. The van der Waals surface area contributed by atoms with Gasteiger partial charge in [-0.2, -0.15) is 12.8 Å². The Morgan fingerprint density at radius 2 is 1.44 bits per heavy atom. The standard InChI is InChI=1S/C6H11.CHO.Mg/c1-2-4-6-5-3-1;1-2;/h1H,2-6H2;1H;/q2*-1;+2. The Hall–Kier alpha value is 0.436. The van der Waals surface area contributed by atoms with Gasteiger partial charge in [0.15, 0.2) is 0 Å². The Morgan fingerprint density at radius 3 is 1.56 bits per heavy atom. The van der Waals surface area contributed by atoms with Crippen molar-refractivity contribution < 1.29 is 4.79 Å². The van der Waals surface area contributed by atoms with E-state index in [1.165, 1.54) is 32.1 Å². The summed E-state index contributed by atoms with van der Waals surface area (Å²) in [5.74, 6) is 0. The molecule has 0 radical (unpaired) electrons. The van der Waals surface area contributed by atoms with Gasteiger partial charge in [0.25, 0.3) is 0 Å². The van der Waals surface area contributed by atoms with E-state index in [1.54, 1.807) is 0 Å². The fourth-order valence-corrected chi connectivity index (χ4v) is 0.898. The van der Waals surface area contributed by atoms with E-state index in [1.807, 2.05) is 0 Å². The van der Waals surface area contributed by atoms with Crippen molar-refractivity contribution in [2.24, 2.45) is 0 Å². The molecule has 0 atom stereocenters. The van der Waals surface area contributed by atoms with Crippen molar-refractivity contribution in [1.29, 1.82) is 0 Å². The molecule has 1 aliphatic rings. The van der Waals surface area contributed by atoms with Gasteiger partial charge in [-0.15, -0.1) is 0 Å². The average molecular weight is 136 g/mol. The summed E-state index contributed by atoms with van der Waals surface area (Å²) in [5.41, 5.74) is 0. The molecule has 0 N–H and O–H groups in total. The van der Waals surface area contributed by atoms with Crippen molar-refractivity contribution in [3.8, 4) is 0 Å². The summed E-state index contributed by atoms with van der Waals surface area (Å²) in [6.07, 6.45) is 9.50.